The van der Waals surface area contributed by atoms with E-state index < -0.39 is 0 Å². The summed E-state index contributed by atoms with van der Waals surface area (Å²) >= 11 is 7.52. The number of amides is 1. The Labute approximate surface area is 191 Å². The molecule has 1 heterocycles. The Kier molecular flexibility index (Phi) is 7.76. The number of halogens is 1. The number of ether oxygens (including phenoxy) is 1. The van der Waals surface area contributed by atoms with Gasteiger partial charge in [0.15, 0.2) is 11.0 Å². The van der Waals surface area contributed by atoms with Gasteiger partial charge in [0.2, 0.25) is 5.91 Å². The molecular formula is C23H25ClN4O2S. The van der Waals surface area contributed by atoms with Gasteiger partial charge >= 0.3 is 0 Å². The van der Waals surface area contributed by atoms with Crippen LogP contribution in [0.5, 0.6) is 5.75 Å². The number of aromatic nitrogens is 3. The van der Waals surface area contributed by atoms with Crippen molar-refractivity contribution < 1.29 is 9.53 Å². The third-order valence-corrected chi connectivity index (χ3v) is 5.95. The van der Waals surface area contributed by atoms with Crippen molar-refractivity contribution in [2.45, 2.75) is 39.1 Å². The van der Waals surface area contributed by atoms with Crippen LogP contribution in [0.2, 0.25) is 5.02 Å². The number of allylic oxidation sites excluding steroid dienone is 1. The fourth-order valence-corrected chi connectivity index (χ4v) is 3.79. The van der Waals surface area contributed by atoms with Crippen molar-refractivity contribution in [1.82, 2.24) is 14.8 Å². The number of nitrogens with zero attached hydrogens (tertiary/aromatic N) is 3. The normalized spacial score (nSPS) is 10.7. The Morgan fingerprint density at radius 2 is 2.00 bits per heavy atom. The van der Waals surface area contributed by atoms with Gasteiger partial charge in [-0.1, -0.05) is 41.6 Å². The predicted octanol–water partition coefficient (Wildman–Crippen LogP) is 5.35. The van der Waals surface area contributed by atoms with Gasteiger partial charge in [-0.3, -0.25) is 9.36 Å². The topological polar surface area (TPSA) is 69.0 Å². The number of hydrogen-bond acceptors (Lipinski definition) is 5. The molecule has 2 aromatic carbocycles. The second kappa shape index (κ2) is 10.5. The summed E-state index contributed by atoms with van der Waals surface area (Å²) in [6.07, 6.45) is 1.76. The highest BCUT2D eigenvalue weighted by Gasteiger charge is 2.15. The summed E-state index contributed by atoms with van der Waals surface area (Å²) in [5.41, 5.74) is 4.16. The van der Waals surface area contributed by atoms with E-state index in [4.69, 9.17) is 16.3 Å². The summed E-state index contributed by atoms with van der Waals surface area (Å²) in [6.45, 7) is 10.5. The van der Waals surface area contributed by atoms with E-state index >= 15 is 0 Å². The lowest BCUT2D eigenvalue weighted by atomic mass is 10.1. The summed E-state index contributed by atoms with van der Waals surface area (Å²) in [5.74, 6) is 1.34. The molecule has 0 saturated carbocycles. The molecule has 3 aromatic rings. The van der Waals surface area contributed by atoms with E-state index in [0.29, 0.717) is 28.3 Å². The Morgan fingerprint density at radius 3 is 2.74 bits per heavy atom. The second-order valence-electron chi connectivity index (χ2n) is 7.16. The van der Waals surface area contributed by atoms with Gasteiger partial charge in [-0.05, 0) is 61.7 Å². The summed E-state index contributed by atoms with van der Waals surface area (Å²) in [7, 11) is 0. The number of hydrogen-bond donors (Lipinski definition) is 1. The van der Waals surface area contributed by atoms with Crippen LogP contribution in [0.1, 0.15) is 22.5 Å². The first kappa shape index (κ1) is 22.9. The number of nitrogens with one attached hydrogen (secondary N) is 1. The van der Waals surface area contributed by atoms with Crippen molar-refractivity contribution in [3.05, 3.63) is 76.6 Å². The van der Waals surface area contributed by atoms with E-state index in [1.165, 1.54) is 17.3 Å². The monoisotopic (exact) mass is 456 g/mol. The molecular weight excluding hydrogens is 432 g/mol. The lowest BCUT2D eigenvalue weighted by Gasteiger charge is -2.11. The van der Waals surface area contributed by atoms with Crippen molar-refractivity contribution in [2.75, 3.05) is 11.1 Å². The van der Waals surface area contributed by atoms with E-state index in [1.807, 2.05) is 55.7 Å². The number of carbonyl (C=O) groups excluding carboxylic acids is 1. The third-order valence-electron chi connectivity index (χ3n) is 4.67. The molecule has 0 aliphatic heterocycles. The van der Waals surface area contributed by atoms with E-state index in [2.05, 4.69) is 22.1 Å². The van der Waals surface area contributed by atoms with Crippen LogP contribution in [0.25, 0.3) is 0 Å². The van der Waals surface area contributed by atoms with Crippen LogP contribution in [-0.4, -0.2) is 26.4 Å². The van der Waals surface area contributed by atoms with Crippen molar-refractivity contribution in [2.24, 2.45) is 0 Å². The van der Waals surface area contributed by atoms with Crippen molar-refractivity contribution in [3.8, 4) is 5.75 Å². The van der Waals surface area contributed by atoms with Crippen LogP contribution < -0.4 is 10.1 Å². The molecule has 0 saturated heterocycles. The molecule has 0 aliphatic rings. The summed E-state index contributed by atoms with van der Waals surface area (Å²) < 4.78 is 7.73. The van der Waals surface area contributed by atoms with Crippen molar-refractivity contribution in [3.63, 3.8) is 0 Å². The van der Waals surface area contributed by atoms with Crippen molar-refractivity contribution in [1.29, 1.82) is 0 Å². The first-order valence-corrected chi connectivity index (χ1v) is 11.2. The van der Waals surface area contributed by atoms with Crippen LogP contribution in [0.15, 0.2) is 54.2 Å². The number of carbonyl (C=O) groups is 1. The van der Waals surface area contributed by atoms with Gasteiger partial charge in [0, 0.05) is 12.2 Å². The number of thioether (sulfide) groups is 1. The molecule has 0 atom stereocenters. The SMILES string of the molecule is C=CCn1c(COc2cc(C)ccc2Cl)nnc1SCC(=O)Nc1ccc(C)c(C)c1. The van der Waals surface area contributed by atoms with E-state index in [1.54, 1.807) is 12.1 Å². The first-order chi connectivity index (χ1) is 14.9. The lowest BCUT2D eigenvalue weighted by Crippen LogP contribution is -2.15. The van der Waals surface area contributed by atoms with Gasteiger partial charge in [0.05, 0.1) is 10.8 Å². The van der Waals surface area contributed by atoms with Crippen LogP contribution in [0.4, 0.5) is 5.69 Å². The molecule has 6 nitrogen and oxygen atoms in total. The minimum absolute atomic E-state index is 0.106. The predicted molar refractivity (Wildman–Crippen MR) is 126 cm³/mol. The van der Waals surface area contributed by atoms with E-state index in [9.17, 15) is 4.79 Å². The number of aryl methyl sites for hydroxylation is 3. The van der Waals surface area contributed by atoms with Gasteiger partial charge < -0.3 is 10.1 Å². The molecule has 0 aliphatic carbocycles. The highest BCUT2D eigenvalue weighted by Crippen LogP contribution is 2.26. The van der Waals surface area contributed by atoms with Gasteiger partial charge in [0.25, 0.3) is 0 Å². The number of benzene rings is 2. The zero-order chi connectivity index (χ0) is 22.4. The summed E-state index contributed by atoms with van der Waals surface area (Å²) in [6, 6.07) is 11.5. The quantitative estimate of drug-likeness (QED) is 0.347. The standard InChI is InChI=1S/C23H25ClN4O2S/c1-5-10-28-21(13-30-20-11-15(2)6-9-19(20)24)26-27-23(28)31-14-22(29)25-18-8-7-16(3)17(4)12-18/h5-9,11-12H,1,10,13-14H2,2-4H3,(H,25,29). The average molecular weight is 457 g/mol. The largest absolute Gasteiger partial charge is 0.484 e. The number of anilines is 1. The third kappa shape index (κ3) is 6.12. The van der Waals surface area contributed by atoms with Gasteiger partial charge in [-0.2, -0.15) is 0 Å². The van der Waals surface area contributed by atoms with Crippen LogP contribution in [-0.2, 0) is 17.9 Å². The van der Waals surface area contributed by atoms with Gasteiger partial charge in [-0.15, -0.1) is 16.8 Å². The summed E-state index contributed by atoms with van der Waals surface area (Å²) in [4.78, 5) is 12.4. The summed E-state index contributed by atoms with van der Waals surface area (Å²) in [5, 5.41) is 12.5. The zero-order valence-corrected chi connectivity index (χ0v) is 19.4. The Balaban J connectivity index is 1.64. The smallest absolute Gasteiger partial charge is 0.234 e. The minimum atomic E-state index is -0.106. The van der Waals surface area contributed by atoms with Crippen LogP contribution >= 0.6 is 23.4 Å². The fraction of sp³-hybridized carbons (Fsp3) is 0.261. The Bertz CT molecular complexity index is 1100. The molecule has 162 valence electrons. The maximum atomic E-state index is 12.4. The molecule has 1 N–H and O–H groups in total. The molecule has 0 radical (unpaired) electrons. The Morgan fingerprint density at radius 1 is 1.19 bits per heavy atom. The molecule has 3 rings (SSSR count). The second-order valence-corrected chi connectivity index (χ2v) is 8.51. The van der Waals surface area contributed by atoms with Crippen molar-refractivity contribution >= 4 is 35.0 Å². The average Bonchev–Trinajstić information content (AvgIpc) is 3.12. The zero-order valence-electron chi connectivity index (χ0n) is 17.8. The minimum Gasteiger partial charge on any atom is -0.484 e. The molecule has 1 aromatic heterocycles. The molecule has 0 spiro atoms. The lowest BCUT2D eigenvalue weighted by molar-refractivity contribution is -0.113. The molecule has 31 heavy (non-hydrogen) atoms. The molecule has 0 bridgehead atoms. The fourth-order valence-electron chi connectivity index (χ4n) is 2.85. The maximum Gasteiger partial charge on any atom is 0.234 e. The number of rotatable bonds is 9. The van der Waals surface area contributed by atoms with Gasteiger partial charge in [-0.25, -0.2) is 0 Å². The first-order valence-electron chi connectivity index (χ1n) is 9.79. The van der Waals surface area contributed by atoms with Gasteiger partial charge in [0.1, 0.15) is 12.4 Å². The van der Waals surface area contributed by atoms with Crippen LogP contribution in [0.3, 0.4) is 0 Å². The van der Waals surface area contributed by atoms with Crippen LogP contribution in [0, 0.1) is 20.8 Å². The molecule has 1 amide bonds. The van der Waals surface area contributed by atoms with E-state index in [-0.39, 0.29) is 18.3 Å². The van der Waals surface area contributed by atoms with E-state index in [0.717, 1.165) is 16.8 Å². The molecule has 0 fully saturated rings. The highest BCUT2D eigenvalue weighted by molar-refractivity contribution is 7.99. The molecule has 0 unspecified atom stereocenters. The highest BCUT2D eigenvalue weighted by atomic mass is 35.5. The maximum absolute atomic E-state index is 12.4. The Hall–Kier alpha value is -2.77. The molecule has 8 heteroatoms.